The smallest absolute Gasteiger partial charge is 0.227 e. The highest BCUT2D eigenvalue weighted by atomic mass is 16.5. The zero-order valence-corrected chi connectivity index (χ0v) is 32.7. The fraction of sp³-hybridized carbons (Fsp3) is 0.364. The van der Waals surface area contributed by atoms with E-state index in [1.807, 2.05) is 70.5 Å². The number of aryl methyl sites for hydroxylation is 2. The zero-order valence-electron chi connectivity index (χ0n) is 32.7. The van der Waals surface area contributed by atoms with Gasteiger partial charge in [-0.1, -0.05) is 24.3 Å². The van der Waals surface area contributed by atoms with E-state index in [0.29, 0.717) is 25.7 Å². The van der Waals surface area contributed by atoms with Gasteiger partial charge < -0.3 is 45.2 Å². The van der Waals surface area contributed by atoms with Crippen LogP contribution in [0.3, 0.4) is 0 Å². The number of hydrogen-bond donors (Lipinski definition) is 2. The van der Waals surface area contributed by atoms with Gasteiger partial charge in [0, 0.05) is 87.9 Å². The van der Waals surface area contributed by atoms with Crippen LogP contribution < -0.4 is 29.9 Å². The summed E-state index contributed by atoms with van der Waals surface area (Å²) in [6, 6.07) is 27.8. The molecule has 0 radical (unpaired) electrons. The Morgan fingerprint density at radius 1 is 0.526 bits per heavy atom. The SMILES string of the molecule is COc1ccc(CC(=O)N2CCN(c3ccc4c(c3)CCC(=O)N4)CC2)cc1.COc1ccc(CC(=O)N2CCN(c3ccc4c(c3)CCC(=O)N4)CC2)cc1.O. The first-order chi connectivity index (χ1) is 27.2. The molecule has 4 aromatic rings. The van der Waals surface area contributed by atoms with E-state index in [1.54, 1.807) is 14.2 Å². The van der Waals surface area contributed by atoms with E-state index in [0.717, 1.165) is 111 Å². The second-order valence-corrected chi connectivity index (χ2v) is 14.6. The largest absolute Gasteiger partial charge is 0.497 e. The monoisotopic (exact) mass is 776 g/mol. The summed E-state index contributed by atoms with van der Waals surface area (Å²) in [5.41, 5.74) is 8.57. The highest BCUT2D eigenvalue weighted by molar-refractivity contribution is 5.95. The molecule has 2 saturated heterocycles. The Morgan fingerprint density at radius 3 is 1.25 bits per heavy atom. The number of rotatable bonds is 8. The number of fused-ring (bicyclic) bond motifs is 2. The van der Waals surface area contributed by atoms with Crippen LogP contribution in [0.1, 0.15) is 35.1 Å². The molecule has 4 aliphatic rings. The molecule has 0 bridgehead atoms. The predicted octanol–water partition coefficient (Wildman–Crippen LogP) is 4.12. The molecule has 13 nitrogen and oxygen atoms in total. The summed E-state index contributed by atoms with van der Waals surface area (Å²) in [4.78, 5) is 56.8. The van der Waals surface area contributed by atoms with Crippen molar-refractivity contribution >= 4 is 46.4 Å². The van der Waals surface area contributed by atoms with Gasteiger partial charge in [-0.25, -0.2) is 0 Å². The molecule has 0 aliphatic carbocycles. The number of carbonyl (C=O) groups excluding carboxylic acids is 4. The maximum atomic E-state index is 12.6. The molecule has 0 spiro atoms. The third kappa shape index (κ3) is 10.2. The van der Waals surface area contributed by atoms with Crippen molar-refractivity contribution < 1.29 is 34.1 Å². The zero-order chi connectivity index (χ0) is 39.0. The summed E-state index contributed by atoms with van der Waals surface area (Å²) >= 11 is 0. The Bertz CT molecular complexity index is 1890. The van der Waals surface area contributed by atoms with Gasteiger partial charge in [0.25, 0.3) is 0 Å². The van der Waals surface area contributed by atoms with Gasteiger partial charge in [0.15, 0.2) is 0 Å². The molecular weight excluding hydrogens is 725 g/mol. The van der Waals surface area contributed by atoms with E-state index in [-0.39, 0.29) is 29.1 Å². The number of benzene rings is 4. The highest BCUT2D eigenvalue weighted by Gasteiger charge is 2.25. The summed E-state index contributed by atoms with van der Waals surface area (Å²) in [7, 11) is 3.27. The number of ether oxygens (including phenoxy) is 2. The van der Waals surface area contributed by atoms with Crippen molar-refractivity contribution in [2.75, 3.05) is 87.0 Å². The molecule has 0 saturated carbocycles. The Balaban J connectivity index is 0.000000189. The van der Waals surface area contributed by atoms with E-state index < -0.39 is 0 Å². The second-order valence-electron chi connectivity index (χ2n) is 14.6. The average molecular weight is 777 g/mol. The lowest BCUT2D eigenvalue weighted by Gasteiger charge is -2.36. The molecule has 4 aliphatic heterocycles. The molecule has 57 heavy (non-hydrogen) atoms. The molecule has 4 aromatic carbocycles. The third-order valence-electron chi connectivity index (χ3n) is 11.0. The number of amides is 4. The van der Waals surface area contributed by atoms with Crippen LogP contribution in [0, 0.1) is 0 Å². The van der Waals surface area contributed by atoms with Crippen LogP contribution >= 0.6 is 0 Å². The van der Waals surface area contributed by atoms with Crippen molar-refractivity contribution in [3.8, 4) is 11.5 Å². The van der Waals surface area contributed by atoms with Crippen LogP contribution in [0.2, 0.25) is 0 Å². The Morgan fingerprint density at radius 2 is 0.895 bits per heavy atom. The number of nitrogens with one attached hydrogen (secondary N) is 2. The van der Waals surface area contributed by atoms with Crippen LogP contribution in [0.15, 0.2) is 84.9 Å². The molecule has 13 heteroatoms. The van der Waals surface area contributed by atoms with Crippen LogP contribution in [0.4, 0.5) is 22.7 Å². The Hall–Kier alpha value is -6.08. The predicted molar refractivity (Wildman–Crippen MR) is 221 cm³/mol. The van der Waals surface area contributed by atoms with Gasteiger partial charge >= 0.3 is 0 Å². The fourth-order valence-electron chi connectivity index (χ4n) is 7.62. The highest BCUT2D eigenvalue weighted by Crippen LogP contribution is 2.30. The van der Waals surface area contributed by atoms with Crippen molar-refractivity contribution in [3.63, 3.8) is 0 Å². The Kier molecular flexibility index (Phi) is 13.3. The van der Waals surface area contributed by atoms with E-state index in [2.05, 4.69) is 44.7 Å². The van der Waals surface area contributed by atoms with Crippen LogP contribution in [0.25, 0.3) is 0 Å². The lowest BCUT2D eigenvalue weighted by molar-refractivity contribution is -0.131. The minimum absolute atomic E-state index is 0. The van der Waals surface area contributed by atoms with Gasteiger partial charge in [0.1, 0.15) is 11.5 Å². The molecule has 4 amide bonds. The first kappa shape index (κ1) is 40.6. The number of methoxy groups -OCH3 is 2. The normalized spacial score (nSPS) is 16.1. The lowest BCUT2D eigenvalue weighted by atomic mass is 10.0. The maximum Gasteiger partial charge on any atom is 0.227 e. The van der Waals surface area contributed by atoms with Crippen LogP contribution in [-0.2, 0) is 44.9 Å². The third-order valence-corrected chi connectivity index (χ3v) is 11.0. The standard InChI is InChI=1S/2C22H25N3O3.H2O/c2*1-28-19-6-2-16(3-7-19)14-22(27)25-12-10-24(11-13-25)18-5-8-20-17(15-18)4-9-21(26)23-20;/h2*2-3,5-8,15H,4,9-14H2,1H3,(H,23,26);1H2. The van der Waals surface area contributed by atoms with Crippen molar-refractivity contribution in [1.82, 2.24) is 9.80 Å². The molecule has 4 N–H and O–H groups in total. The molecule has 8 rings (SSSR count). The average Bonchev–Trinajstić information content (AvgIpc) is 3.24. The minimum Gasteiger partial charge on any atom is -0.497 e. The second kappa shape index (κ2) is 18.7. The van der Waals surface area contributed by atoms with E-state index in [4.69, 9.17) is 9.47 Å². The van der Waals surface area contributed by atoms with Crippen LogP contribution in [0.5, 0.6) is 11.5 Å². The topological polar surface area (TPSA) is 155 Å². The first-order valence-electron chi connectivity index (χ1n) is 19.4. The van der Waals surface area contributed by atoms with E-state index in [9.17, 15) is 19.2 Å². The summed E-state index contributed by atoms with van der Waals surface area (Å²) in [5, 5.41) is 5.85. The van der Waals surface area contributed by atoms with E-state index >= 15 is 0 Å². The molecular formula is C44H52N6O7. The van der Waals surface area contributed by atoms with Crippen LogP contribution in [-0.4, -0.2) is 105 Å². The van der Waals surface area contributed by atoms with Gasteiger partial charge in [-0.15, -0.1) is 0 Å². The molecule has 300 valence electrons. The fourth-order valence-corrected chi connectivity index (χ4v) is 7.62. The molecule has 0 atom stereocenters. The summed E-state index contributed by atoms with van der Waals surface area (Å²) in [6.45, 7) is 6.18. The summed E-state index contributed by atoms with van der Waals surface area (Å²) < 4.78 is 10.3. The summed E-state index contributed by atoms with van der Waals surface area (Å²) in [6.07, 6.45) is 3.50. The van der Waals surface area contributed by atoms with Gasteiger partial charge in [-0.05, 0) is 95.8 Å². The number of carbonyl (C=O) groups is 4. The van der Waals surface area contributed by atoms with Gasteiger partial charge in [0.2, 0.25) is 23.6 Å². The molecule has 4 heterocycles. The molecule has 0 aromatic heterocycles. The van der Waals surface area contributed by atoms with Crippen molar-refractivity contribution in [2.45, 2.75) is 38.5 Å². The molecule has 2 fully saturated rings. The number of piperazine rings is 2. The van der Waals surface area contributed by atoms with E-state index in [1.165, 1.54) is 11.1 Å². The first-order valence-corrected chi connectivity index (χ1v) is 19.4. The Labute approximate surface area is 333 Å². The number of hydrogen-bond acceptors (Lipinski definition) is 8. The van der Waals surface area contributed by atoms with Gasteiger partial charge in [-0.3, -0.25) is 19.2 Å². The van der Waals surface area contributed by atoms with Crippen molar-refractivity contribution in [3.05, 3.63) is 107 Å². The lowest BCUT2D eigenvalue weighted by Crippen LogP contribution is -2.49. The van der Waals surface area contributed by atoms with Gasteiger partial charge in [-0.2, -0.15) is 0 Å². The summed E-state index contributed by atoms with van der Waals surface area (Å²) in [5.74, 6) is 2.10. The maximum absolute atomic E-state index is 12.6. The molecule has 0 unspecified atom stereocenters. The number of nitrogens with zero attached hydrogens (tertiary/aromatic N) is 4. The number of anilines is 4. The van der Waals surface area contributed by atoms with Gasteiger partial charge in [0.05, 0.1) is 27.1 Å². The quantitative estimate of drug-likeness (QED) is 0.271. The van der Waals surface area contributed by atoms with Crippen molar-refractivity contribution in [1.29, 1.82) is 0 Å². The minimum atomic E-state index is 0. The van der Waals surface area contributed by atoms with Crippen molar-refractivity contribution in [2.24, 2.45) is 0 Å².